The van der Waals surface area contributed by atoms with E-state index in [2.05, 4.69) is 23.6 Å². The molecule has 17 heavy (non-hydrogen) atoms. The fraction of sp³-hybridized carbons (Fsp3) is 0.750. The third-order valence-corrected chi connectivity index (χ3v) is 3.89. The van der Waals surface area contributed by atoms with Gasteiger partial charge in [0.2, 0.25) is 0 Å². The second-order valence-corrected chi connectivity index (χ2v) is 5.40. The van der Waals surface area contributed by atoms with Crippen LogP contribution in [0.2, 0.25) is 5.02 Å². The Balaban J connectivity index is 2.35. The van der Waals surface area contributed by atoms with Crippen LogP contribution in [0.25, 0.3) is 0 Å². The van der Waals surface area contributed by atoms with Gasteiger partial charge in [-0.25, -0.2) is 0 Å². The van der Waals surface area contributed by atoms with Gasteiger partial charge in [0.25, 0.3) is 0 Å². The van der Waals surface area contributed by atoms with Crippen LogP contribution in [0, 0.1) is 6.92 Å². The monoisotopic (exact) mass is 275 g/mol. The molecule has 0 spiro atoms. The van der Waals surface area contributed by atoms with Crippen LogP contribution in [0.5, 0.6) is 0 Å². The van der Waals surface area contributed by atoms with Gasteiger partial charge < -0.3 is 5.32 Å². The Hall–Kier alpha value is -0.190. The molecule has 0 aliphatic rings. The zero-order valence-corrected chi connectivity index (χ0v) is 12.5. The molecule has 0 aliphatic carbocycles. The molecule has 0 radical (unpaired) electrons. The summed E-state index contributed by atoms with van der Waals surface area (Å²) in [5, 5.41) is 8.64. The molecule has 1 heterocycles. The lowest BCUT2D eigenvalue weighted by Crippen LogP contribution is -2.18. The highest BCUT2D eigenvalue weighted by Gasteiger charge is 2.11. The fourth-order valence-corrected chi connectivity index (χ4v) is 2.44. The Morgan fingerprint density at radius 3 is 2.82 bits per heavy atom. The molecule has 1 rings (SSSR count). The molecule has 0 amide bonds. The average Bonchev–Trinajstić information content (AvgIpc) is 2.60. The SMILES string of the molecule is CCn1nc(C)c(Cl)c1CNCCCCSC. The Labute approximate surface area is 113 Å². The summed E-state index contributed by atoms with van der Waals surface area (Å²) in [6.07, 6.45) is 4.64. The highest BCUT2D eigenvalue weighted by atomic mass is 35.5. The minimum absolute atomic E-state index is 0.809. The average molecular weight is 276 g/mol. The molecule has 1 aromatic heterocycles. The number of nitrogens with one attached hydrogen (secondary N) is 1. The fourth-order valence-electron chi connectivity index (χ4n) is 1.74. The topological polar surface area (TPSA) is 29.9 Å². The lowest BCUT2D eigenvalue weighted by Gasteiger charge is -2.07. The van der Waals surface area contributed by atoms with E-state index < -0.39 is 0 Å². The molecular formula is C12H22ClN3S. The summed E-state index contributed by atoms with van der Waals surface area (Å²) >= 11 is 8.13. The van der Waals surface area contributed by atoms with Gasteiger partial charge in [0.15, 0.2) is 0 Å². The molecule has 0 atom stereocenters. The van der Waals surface area contributed by atoms with Gasteiger partial charge in [0.05, 0.1) is 16.4 Å². The molecule has 1 aromatic rings. The van der Waals surface area contributed by atoms with E-state index >= 15 is 0 Å². The summed E-state index contributed by atoms with van der Waals surface area (Å²) in [5.74, 6) is 1.24. The number of aromatic nitrogens is 2. The highest BCUT2D eigenvalue weighted by molar-refractivity contribution is 7.98. The van der Waals surface area contributed by atoms with Crippen molar-refractivity contribution in [1.29, 1.82) is 0 Å². The van der Waals surface area contributed by atoms with Crippen LogP contribution in [0.3, 0.4) is 0 Å². The van der Waals surface area contributed by atoms with Crippen molar-refractivity contribution in [3.05, 3.63) is 16.4 Å². The van der Waals surface area contributed by atoms with Crippen LogP contribution in [0.15, 0.2) is 0 Å². The van der Waals surface area contributed by atoms with E-state index in [4.69, 9.17) is 11.6 Å². The number of aryl methyl sites for hydroxylation is 2. The maximum atomic E-state index is 6.23. The molecule has 1 N–H and O–H groups in total. The van der Waals surface area contributed by atoms with Crippen molar-refractivity contribution >= 4 is 23.4 Å². The molecular weight excluding hydrogens is 254 g/mol. The van der Waals surface area contributed by atoms with Crippen molar-refractivity contribution in [2.45, 2.75) is 39.8 Å². The van der Waals surface area contributed by atoms with E-state index in [0.29, 0.717) is 0 Å². The number of rotatable bonds is 8. The van der Waals surface area contributed by atoms with Crippen molar-refractivity contribution in [2.75, 3.05) is 18.6 Å². The Morgan fingerprint density at radius 1 is 1.41 bits per heavy atom. The Bertz CT molecular complexity index is 339. The molecule has 0 fully saturated rings. The number of nitrogens with zero attached hydrogens (tertiary/aromatic N) is 2. The van der Waals surface area contributed by atoms with Crippen molar-refractivity contribution < 1.29 is 0 Å². The third kappa shape index (κ3) is 4.53. The van der Waals surface area contributed by atoms with E-state index in [1.165, 1.54) is 18.6 Å². The van der Waals surface area contributed by atoms with E-state index in [-0.39, 0.29) is 0 Å². The quantitative estimate of drug-likeness (QED) is 0.740. The number of unbranched alkanes of at least 4 members (excludes halogenated alkanes) is 1. The minimum Gasteiger partial charge on any atom is -0.311 e. The van der Waals surface area contributed by atoms with Gasteiger partial charge in [0.1, 0.15) is 0 Å². The smallest absolute Gasteiger partial charge is 0.0860 e. The lowest BCUT2D eigenvalue weighted by molar-refractivity contribution is 0.570. The molecule has 0 saturated heterocycles. The number of halogens is 1. The minimum atomic E-state index is 0.809. The maximum absolute atomic E-state index is 6.23. The van der Waals surface area contributed by atoms with Gasteiger partial charge in [-0.15, -0.1) is 0 Å². The maximum Gasteiger partial charge on any atom is 0.0860 e. The number of hydrogen-bond acceptors (Lipinski definition) is 3. The predicted molar refractivity (Wildman–Crippen MR) is 77.0 cm³/mol. The van der Waals surface area contributed by atoms with Crippen molar-refractivity contribution in [3.63, 3.8) is 0 Å². The number of hydrogen-bond donors (Lipinski definition) is 1. The third-order valence-electron chi connectivity index (χ3n) is 2.70. The molecule has 3 nitrogen and oxygen atoms in total. The van der Waals surface area contributed by atoms with E-state index in [9.17, 15) is 0 Å². The van der Waals surface area contributed by atoms with Crippen molar-refractivity contribution in [2.24, 2.45) is 0 Å². The van der Waals surface area contributed by atoms with Crippen LogP contribution in [0.4, 0.5) is 0 Å². The van der Waals surface area contributed by atoms with Crippen molar-refractivity contribution in [1.82, 2.24) is 15.1 Å². The first-order valence-corrected chi connectivity index (χ1v) is 7.89. The van der Waals surface area contributed by atoms with Gasteiger partial charge in [-0.3, -0.25) is 4.68 Å². The number of thioether (sulfide) groups is 1. The van der Waals surface area contributed by atoms with Crippen LogP contribution < -0.4 is 5.32 Å². The van der Waals surface area contributed by atoms with Crippen molar-refractivity contribution in [3.8, 4) is 0 Å². The van der Waals surface area contributed by atoms with E-state index in [1.54, 1.807) is 0 Å². The molecule has 0 bridgehead atoms. The van der Waals surface area contributed by atoms with Gasteiger partial charge in [-0.05, 0) is 45.2 Å². The first-order chi connectivity index (χ1) is 8.20. The first kappa shape index (κ1) is 14.9. The van der Waals surface area contributed by atoms with Gasteiger partial charge in [-0.2, -0.15) is 16.9 Å². The summed E-state index contributed by atoms with van der Waals surface area (Å²) in [6, 6.07) is 0. The van der Waals surface area contributed by atoms with Gasteiger partial charge in [-0.1, -0.05) is 11.6 Å². The molecule has 0 saturated carbocycles. The van der Waals surface area contributed by atoms with Crippen LogP contribution in [-0.2, 0) is 13.1 Å². The standard InChI is InChI=1S/C12H22ClN3S/c1-4-16-11(12(13)10(2)15-16)9-14-7-5-6-8-17-3/h14H,4-9H2,1-3H3. The van der Waals surface area contributed by atoms with Crippen LogP contribution in [-0.4, -0.2) is 28.3 Å². The molecule has 98 valence electrons. The summed E-state index contributed by atoms with van der Waals surface area (Å²) in [5.41, 5.74) is 2.03. The second kappa shape index (κ2) is 8.01. The molecule has 0 aromatic carbocycles. The zero-order valence-electron chi connectivity index (χ0n) is 10.9. The summed E-state index contributed by atoms with van der Waals surface area (Å²) in [6.45, 7) is 6.77. The Morgan fingerprint density at radius 2 is 2.18 bits per heavy atom. The summed E-state index contributed by atoms with van der Waals surface area (Å²) in [4.78, 5) is 0. The lowest BCUT2D eigenvalue weighted by atomic mass is 10.3. The predicted octanol–water partition coefficient (Wildman–Crippen LogP) is 3.10. The first-order valence-electron chi connectivity index (χ1n) is 6.12. The molecule has 0 aliphatic heterocycles. The largest absolute Gasteiger partial charge is 0.311 e. The van der Waals surface area contributed by atoms with Crippen LogP contribution >= 0.6 is 23.4 Å². The highest BCUT2D eigenvalue weighted by Crippen LogP contribution is 2.19. The Kier molecular flexibility index (Phi) is 7.00. The summed E-state index contributed by atoms with van der Waals surface area (Å²) < 4.78 is 1.98. The molecule has 5 heteroatoms. The van der Waals surface area contributed by atoms with Crippen LogP contribution in [0.1, 0.15) is 31.2 Å². The summed E-state index contributed by atoms with van der Waals surface area (Å²) in [7, 11) is 0. The normalized spacial score (nSPS) is 11.1. The molecule has 0 unspecified atom stereocenters. The van der Waals surface area contributed by atoms with E-state index in [1.807, 2.05) is 23.4 Å². The van der Waals surface area contributed by atoms with Gasteiger partial charge in [0, 0.05) is 13.1 Å². The zero-order chi connectivity index (χ0) is 12.7. The van der Waals surface area contributed by atoms with E-state index in [0.717, 1.165) is 36.0 Å². The second-order valence-electron chi connectivity index (χ2n) is 4.04. The van der Waals surface area contributed by atoms with Gasteiger partial charge >= 0.3 is 0 Å².